The zero-order chi connectivity index (χ0) is 16.2. The Balaban J connectivity index is 1.84. The Bertz CT molecular complexity index is 516. The van der Waals surface area contributed by atoms with Gasteiger partial charge in [0.05, 0.1) is 0 Å². The monoisotopic (exact) mass is 316 g/mol. The van der Waals surface area contributed by atoms with Crippen molar-refractivity contribution in [3.05, 3.63) is 24.3 Å². The van der Waals surface area contributed by atoms with Gasteiger partial charge in [0.15, 0.2) is 5.96 Å². The molecule has 0 saturated carbocycles. The highest BCUT2D eigenvalue weighted by molar-refractivity contribution is 5.92. The van der Waals surface area contributed by atoms with Crippen LogP contribution in [0.4, 0.5) is 18.9 Å². The standard InChI is InChI=1S/C14H19F3N4O/c1-21-7-6-10(9-21)8-19-13(18)20-11-2-4-12(5-3-11)22-14(15,16)17/h2-5,10H,6-9H2,1H3,(H3,18,19,20). The maximum atomic E-state index is 12.0. The fourth-order valence-electron chi connectivity index (χ4n) is 2.33. The summed E-state index contributed by atoms with van der Waals surface area (Å²) < 4.78 is 39.9. The van der Waals surface area contributed by atoms with Gasteiger partial charge in [0.1, 0.15) is 5.75 Å². The van der Waals surface area contributed by atoms with Crippen molar-refractivity contribution in [1.82, 2.24) is 4.90 Å². The number of nitrogens with zero attached hydrogens (tertiary/aromatic N) is 2. The molecule has 0 spiro atoms. The average molecular weight is 316 g/mol. The van der Waals surface area contributed by atoms with Crippen LogP contribution in [0, 0.1) is 5.92 Å². The zero-order valence-electron chi connectivity index (χ0n) is 12.2. The van der Waals surface area contributed by atoms with Gasteiger partial charge in [0, 0.05) is 18.8 Å². The largest absolute Gasteiger partial charge is 0.573 e. The van der Waals surface area contributed by atoms with Crippen molar-refractivity contribution in [1.29, 1.82) is 0 Å². The van der Waals surface area contributed by atoms with Crippen LogP contribution in [-0.4, -0.2) is 43.9 Å². The molecular formula is C14H19F3N4O. The molecule has 1 unspecified atom stereocenters. The van der Waals surface area contributed by atoms with Gasteiger partial charge >= 0.3 is 6.36 Å². The molecule has 0 bridgehead atoms. The van der Waals surface area contributed by atoms with Crippen LogP contribution in [0.25, 0.3) is 0 Å². The second kappa shape index (κ2) is 6.87. The highest BCUT2D eigenvalue weighted by Gasteiger charge is 2.30. The third-order valence-corrected chi connectivity index (χ3v) is 3.37. The number of hydrogen-bond donors (Lipinski definition) is 2. The van der Waals surface area contributed by atoms with E-state index in [0.29, 0.717) is 18.2 Å². The number of aliphatic imine (C=N–C) groups is 1. The maximum absolute atomic E-state index is 12.0. The molecule has 1 aromatic carbocycles. The van der Waals surface area contributed by atoms with Gasteiger partial charge < -0.3 is 20.7 Å². The van der Waals surface area contributed by atoms with E-state index in [0.717, 1.165) is 19.5 Å². The highest BCUT2D eigenvalue weighted by atomic mass is 19.4. The van der Waals surface area contributed by atoms with Crippen LogP contribution >= 0.6 is 0 Å². The second-order valence-electron chi connectivity index (χ2n) is 5.34. The van der Waals surface area contributed by atoms with Crippen molar-refractivity contribution >= 4 is 11.6 Å². The quantitative estimate of drug-likeness (QED) is 0.661. The Kier molecular flexibility index (Phi) is 5.12. The molecule has 0 aliphatic carbocycles. The number of anilines is 1. The van der Waals surface area contributed by atoms with Gasteiger partial charge in [-0.25, -0.2) is 0 Å². The minimum Gasteiger partial charge on any atom is -0.406 e. The van der Waals surface area contributed by atoms with Crippen LogP contribution in [0.1, 0.15) is 6.42 Å². The number of nitrogens with two attached hydrogens (primary N) is 1. The topological polar surface area (TPSA) is 62.9 Å². The van der Waals surface area contributed by atoms with Crippen molar-refractivity contribution in [2.24, 2.45) is 16.6 Å². The molecule has 1 atom stereocenters. The van der Waals surface area contributed by atoms with Crippen LogP contribution in [0.5, 0.6) is 5.75 Å². The van der Waals surface area contributed by atoms with Crippen molar-refractivity contribution in [3.63, 3.8) is 0 Å². The number of ether oxygens (including phenoxy) is 1. The first-order valence-electron chi connectivity index (χ1n) is 6.93. The predicted molar refractivity (Wildman–Crippen MR) is 78.8 cm³/mol. The van der Waals surface area contributed by atoms with E-state index in [4.69, 9.17) is 5.73 Å². The van der Waals surface area contributed by atoms with Gasteiger partial charge in [-0.05, 0) is 50.2 Å². The Labute approximate surface area is 127 Å². The molecule has 1 aliphatic heterocycles. The van der Waals surface area contributed by atoms with Crippen LogP contribution < -0.4 is 15.8 Å². The summed E-state index contributed by atoms with van der Waals surface area (Å²) in [5.41, 5.74) is 6.33. The van der Waals surface area contributed by atoms with Gasteiger partial charge in [0.25, 0.3) is 0 Å². The Morgan fingerprint density at radius 2 is 2.09 bits per heavy atom. The van der Waals surface area contributed by atoms with Crippen molar-refractivity contribution in [2.75, 3.05) is 32.0 Å². The Morgan fingerprint density at radius 3 is 2.64 bits per heavy atom. The lowest BCUT2D eigenvalue weighted by molar-refractivity contribution is -0.274. The van der Waals surface area contributed by atoms with E-state index in [9.17, 15) is 13.2 Å². The summed E-state index contributed by atoms with van der Waals surface area (Å²) in [7, 11) is 2.07. The van der Waals surface area contributed by atoms with Gasteiger partial charge in [-0.2, -0.15) is 0 Å². The van der Waals surface area contributed by atoms with E-state index in [1.165, 1.54) is 24.3 Å². The van der Waals surface area contributed by atoms with E-state index < -0.39 is 6.36 Å². The first kappa shape index (κ1) is 16.4. The summed E-state index contributed by atoms with van der Waals surface area (Å²) >= 11 is 0. The number of nitrogens with one attached hydrogen (secondary N) is 1. The van der Waals surface area contributed by atoms with E-state index in [1.54, 1.807) is 0 Å². The number of likely N-dealkylation sites (tertiary alicyclic amines) is 1. The number of hydrogen-bond acceptors (Lipinski definition) is 3. The van der Waals surface area contributed by atoms with Crippen molar-refractivity contribution in [3.8, 4) is 5.75 Å². The SMILES string of the molecule is CN1CCC(CN=C(N)Nc2ccc(OC(F)(F)F)cc2)C1. The van der Waals surface area contributed by atoms with E-state index >= 15 is 0 Å². The zero-order valence-corrected chi connectivity index (χ0v) is 12.2. The molecule has 22 heavy (non-hydrogen) atoms. The lowest BCUT2D eigenvalue weighted by Gasteiger charge is -2.11. The number of guanidine groups is 1. The van der Waals surface area contributed by atoms with E-state index in [-0.39, 0.29) is 11.7 Å². The summed E-state index contributed by atoms with van der Waals surface area (Å²) in [5, 5.41) is 2.84. The minimum absolute atomic E-state index is 0.249. The molecule has 1 heterocycles. The molecule has 0 amide bonds. The molecule has 3 N–H and O–H groups in total. The minimum atomic E-state index is -4.69. The first-order valence-corrected chi connectivity index (χ1v) is 6.93. The van der Waals surface area contributed by atoms with E-state index in [1.807, 2.05) is 0 Å². The maximum Gasteiger partial charge on any atom is 0.573 e. The average Bonchev–Trinajstić information content (AvgIpc) is 2.83. The molecule has 122 valence electrons. The smallest absolute Gasteiger partial charge is 0.406 e. The molecule has 0 aromatic heterocycles. The molecule has 1 saturated heterocycles. The number of benzene rings is 1. The number of halogens is 3. The Morgan fingerprint density at radius 1 is 1.41 bits per heavy atom. The van der Waals surface area contributed by atoms with Crippen LogP contribution in [0.2, 0.25) is 0 Å². The van der Waals surface area contributed by atoms with E-state index in [2.05, 4.69) is 27.0 Å². The lowest BCUT2D eigenvalue weighted by Crippen LogP contribution is -2.24. The third kappa shape index (κ3) is 5.44. The van der Waals surface area contributed by atoms with Crippen LogP contribution in [0.3, 0.4) is 0 Å². The normalized spacial score (nSPS) is 20.2. The second-order valence-corrected chi connectivity index (χ2v) is 5.34. The summed E-state index contributed by atoms with van der Waals surface area (Å²) in [6, 6.07) is 5.34. The van der Waals surface area contributed by atoms with Gasteiger partial charge in [-0.1, -0.05) is 0 Å². The lowest BCUT2D eigenvalue weighted by atomic mass is 10.1. The highest BCUT2D eigenvalue weighted by Crippen LogP contribution is 2.23. The summed E-state index contributed by atoms with van der Waals surface area (Å²) in [6.45, 7) is 2.70. The molecule has 2 rings (SSSR count). The van der Waals surface area contributed by atoms with Crippen LogP contribution in [0.15, 0.2) is 29.3 Å². The molecule has 8 heteroatoms. The van der Waals surface area contributed by atoms with Crippen molar-refractivity contribution in [2.45, 2.75) is 12.8 Å². The molecule has 1 fully saturated rings. The summed E-state index contributed by atoms with van der Waals surface area (Å²) in [6.07, 6.45) is -3.60. The molecule has 0 radical (unpaired) electrons. The molecular weight excluding hydrogens is 297 g/mol. The number of alkyl halides is 3. The third-order valence-electron chi connectivity index (χ3n) is 3.37. The first-order chi connectivity index (χ1) is 10.3. The molecule has 1 aliphatic rings. The fraction of sp³-hybridized carbons (Fsp3) is 0.500. The van der Waals surface area contributed by atoms with Gasteiger partial charge in [0.2, 0.25) is 0 Å². The predicted octanol–water partition coefficient (Wildman–Crippen LogP) is 2.26. The van der Waals surface area contributed by atoms with Gasteiger partial charge in [-0.15, -0.1) is 13.2 Å². The number of rotatable bonds is 4. The van der Waals surface area contributed by atoms with Crippen LogP contribution in [-0.2, 0) is 0 Å². The van der Waals surface area contributed by atoms with Crippen molar-refractivity contribution < 1.29 is 17.9 Å². The summed E-state index contributed by atoms with van der Waals surface area (Å²) in [4.78, 5) is 6.50. The molecule has 1 aromatic rings. The Hall–Kier alpha value is -1.96. The van der Waals surface area contributed by atoms with Gasteiger partial charge in [-0.3, -0.25) is 4.99 Å². The fourth-order valence-corrected chi connectivity index (χ4v) is 2.33. The molecule has 5 nitrogen and oxygen atoms in total. The summed E-state index contributed by atoms with van der Waals surface area (Å²) in [5.74, 6) is 0.467.